The fourth-order valence-corrected chi connectivity index (χ4v) is 4.10. The zero-order chi connectivity index (χ0) is 15.5. The first-order valence-corrected chi connectivity index (χ1v) is 8.97. The van der Waals surface area contributed by atoms with Gasteiger partial charge in [-0.3, -0.25) is 4.79 Å². The van der Waals surface area contributed by atoms with Crippen LogP contribution in [0, 0.1) is 5.92 Å². The first-order chi connectivity index (χ1) is 10.6. The minimum Gasteiger partial charge on any atom is -0.454 e. The Kier molecular flexibility index (Phi) is 4.81. The van der Waals surface area contributed by atoms with Crippen LogP contribution in [-0.4, -0.2) is 36.4 Å². The first kappa shape index (κ1) is 15.5. The smallest absolute Gasteiger partial charge is 0.231 e. The second kappa shape index (κ2) is 6.82. The number of nitrogens with zero attached hydrogens (tertiary/aromatic N) is 1. The van der Waals surface area contributed by atoms with E-state index in [1.807, 2.05) is 22.7 Å². The number of rotatable bonds is 3. The Labute approximate surface area is 136 Å². The Bertz CT molecular complexity index is 547. The van der Waals surface area contributed by atoms with Crippen molar-refractivity contribution in [2.45, 2.75) is 31.9 Å². The summed E-state index contributed by atoms with van der Waals surface area (Å²) in [5.74, 6) is 3.38. The molecular weight excluding hydrogens is 298 g/mol. The van der Waals surface area contributed by atoms with Crippen molar-refractivity contribution in [2.75, 3.05) is 25.6 Å². The minimum atomic E-state index is 0.293. The minimum absolute atomic E-state index is 0.293. The van der Waals surface area contributed by atoms with Gasteiger partial charge in [0.1, 0.15) is 0 Å². The quantitative estimate of drug-likeness (QED) is 0.854. The number of ether oxygens (including phenoxy) is 2. The number of amides is 1. The molecule has 0 saturated carbocycles. The molecule has 0 aliphatic carbocycles. The van der Waals surface area contributed by atoms with E-state index >= 15 is 0 Å². The number of hydrogen-bond donors (Lipinski definition) is 0. The highest BCUT2D eigenvalue weighted by Gasteiger charge is 2.24. The van der Waals surface area contributed by atoms with Crippen molar-refractivity contribution in [3.63, 3.8) is 0 Å². The molecule has 0 N–H and O–H groups in total. The van der Waals surface area contributed by atoms with Crippen molar-refractivity contribution in [1.29, 1.82) is 0 Å². The van der Waals surface area contributed by atoms with Gasteiger partial charge in [-0.05, 0) is 30.0 Å². The van der Waals surface area contributed by atoms with E-state index in [4.69, 9.17) is 9.47 Å². The van der Waals surface area contributed by atoms with Crippen molar-refractivity contribution in [1.82, 2.24) is 4.90 Å². The predicted molar refractivity (Wildman–Crippen MR) is 88.4 cm³/mol. The van der Waals surface area contributed by atoms with Gasteiger partial charge in [0.15, 0.2) is 11.5 Å². The second-order valence-corrected chi connectivity index (χ2v) is 7.55. The summed E-state index contributed by atoms with van der Waals surface area (Å²) in [6.45, 7) is 6.21. The maximum absolute atomic E-state index is 12.2. The van der Waals surface area contributed by atoms with Crippen molar-refractivity contribution in [3.8, 4) is 11.5 Å². The van der Waals surface area contributed by atoms with E-state index in [1.165, 1.54) is 5.56 Å². The van der Waals surface area contributed by atoms with Crippen molar-refractivity contribution in [3.05, 3.63) is 23.8 Å². The summed E-state index contributed by atoms with van der Waals surface area (Å²) in [6.07, 6.45) is 1.65. The molecule has 4 nitrogen and oxygen atoms in total. The molecule has 0 bridgehead atoms. The third-order valence-corrected chi connectivity index (χ3v) is 5.37. The molecule has 2 heterocycles. The van der Waals surface area contributed by atoms with Gasteiger partial charge in [0.2, 0.25) is 12.7 Å². The topological polar surface area (TPSA) is 38.8 Å². The zero-order valence-corrected chi connectivity index (χ0v) is 14.0. The lowest BCUT2D eigenvalue weighted by molar-refractivity contribution is -0.131. The molecule has 3 rings (SSSR count). The van der Waals surface area contributed by atoms with Crippen LogP contribution in [0.2, 0.25) is 0 Å². The molecule has 0 aromatic heterocycles. The summed E-state index contributed by atoms with van der Waals surface area (Å²) in [5.41, 5.74) is 1.27. The largest absolute Gasteiger partial charge is 0.454 e. The van der Waals surface area contributed by atoms with E-state index in [-0.39, 0.29) is 0 Å². The normalized spacial score (nSPS) is 21.0. The SMILES string of the molecule is CC(C)CC(=O)N1CCSC(c2ccc3c(c2)OCO3)CC1. The van der Waals surface area contributed by atoms with Crippen molar-refractivity contribution < 1.29 is 14.3 Å². The lowest BCUT2D eigenvalue weighted by Gasteiger charge is -2.21. The molecule has 1 atom stereocenters. The standard InChI is InChI=1S/C17H23NO3S/c1-12(2)9-17(19)18-6-5-16(22-8-7-18)13-3-4-14-15(10-13)21-11-20-14/h3-4,10,12,16H,5-9,11H2,1-2H3. The van der Waals surface area contributed by atoms with Crippen LogP contribution in [-0.2, 0) is 4.79 Å². The second-order valence-electron chi connectivity index (χ2n) is 6.24. The van der Waals surface area contributed by atoms with Gasteiger partial charge in [0.05, 0.1) is 0 Å². The van der Waals surface area contributed by atoms with Crippen LogP contribution < -0.4 is 9.47 Å². The molecule has 120 valence electrons. The summed E-state index contributed by atoms with van der Waals surface area (Å²) in [7, 11) is 0. The third-order valence-electron chi connectivity index (χ3n) is 4.05. The molecular formula is C17H23NO3S. The molecule has 1 fully saturated rings. The monoisotopic (exact) mass is 321 g/mol. The molecule has 1 amide bonds. The number of fused-ring (bicyclic) bond motifs is 1. The summed E-state index contributed by atoms with van der Waals surface area (Å²) in [6, 6.07) is 6.20. The maximum Gasteiger partial charge on any atom is 0.231 e. The fraction of sp³-hybridized carbons (Fsp3) is 0.588. The summed E-state index contributed by atoms with van der Waals surface area (Å²) in [5, 5.41) is 0.423. The summed E-state index contributed by atoms with van der Waals surface area (Å²) < 4.78 is 10.8. The van der Waals surface area contributed by atoms with Crippen molar-refractivity contribution in [2.24, 2.45) is 5.92 Å². The fourth-order valence-electron chi connectivity index (χ4n) is 2.88. The van der Waals surface area contributed by atoms with Crippen LogP contribution >= 0.6 is 11.8 Å². The molecule has 2 aliphatic heterocycles. The van der Waals surface area contributed by atoms with E-state index < -0.39 is 0 Å². The van der Waals surface area contributed by atoms with E-state index in [2.05, 4.69) is 26.0 Å². The first-order valence-electron chi connectivity index (χ1n) is 7.92. The summed E-state index contributed by atoms with van der Waals surface area (Å²) in [4.78, 5) is 14.3. The number of thioether (sulfide) groups is 1. The highest BCUT2D eigenvalue weighted by Crippen LogP contribution is 2.40. The van der Waals surface area contributed by atoms with Crippen LogP contribution in [0.15, 0.2) is 18.2 Å². The number of benzene rings is 1. The molecule has 5 heteroatoms. The lowest BCUT2D eigenvalue weighted by Crippen LogP contribution is -2.33. The van der Waals surface area contributed by atoms with Crippen LogP contribution in [0.3, 0.4) is 0 Å². The van der Waals surface area contributed by atoms with Gasteiger partial charge in [-0.25, -0.2) is 0 Å². The molecule has 1 saturated heterocycles. The average Bonchev–Trinajstić information content (AvgIpc) is 2.80. The van der Waals surface area contributed by atoms with Crippen LogP contribution in [0.1, 0.15) is 37.5 Å². The van der Waals surface area contributed by atoms with E-state index in [9.17, 15) is 4.79 Å². The Hall–Kier alpha value is -1.36. The molecule has 1 unspecified atom stereocenters. The zero-order valence-electron chi connectivity index (χ0n) is 13.2. The van der Waals surface area contributed by atoms with Gasteiger partial charge in [0, 0.05) is 30.5 Å². The Balaban J connectivity index is 1.64. The van der Waals surface area contributed by atoms with E-state index in [0.717, 1.165) is 36.8 Å². The molecule has 0 spiro atoms. The predicted octanol–water partition coefficient (Wildman–Crippen LogP) is 3.47. The van der Waals surface area contributed by atoms with Crippen molar-refractivity contribution >= 4 is 17.7 Å². The number of carbonyl (C=O) groups excluding carboxylic acids is 1. The van der Waals surface area contributed by atoms with Gasteiger partial charge in [-0.1, -0.05) is 19.9 Å². The molecule has 2 aliphatic rings. The maximum atomic E-state index is 12.2. The Morgan fingerprint density at radius 1 is 1.32 bits per heavy atom. The van der Waals surface area contributed by atoms with E-state index in [1.54, 1.807) is 0 Å². The Morgan fingerprint density at radius 3 is 2.95 bits per heavy atom. The number of carbonyl (C=O) groups is 1. The van der Waals surface area contributed by atoms with E-state index in [0.29, 0.717) is 30.3 Å². The van der Waals surface area contributed by atoms with Gasteiger partial charge in [0.25, 0.3) is 0 Å². The average molecular weight is 321 g/mol. The van der Waals surface area contributed by atoms with Gasteiger partial charge in [-0.15, -0.1) is 0 Å². The van der Waals surface area contributed by atoms with Crippen LogP contribution in [0.4, 0.5) is 0 Å². The molecule has 22 heavy (non-hydrogen) atoms. The van der Waals surface area contributed by atoms with Crippen LogP contribution in [0.25, 0.3) is 0 Å². The molecule has 0 radical (unpaired) electrons. The van der Waals surface area contributed by atoms with Gasteiger partial charge >= 0.3 is 0 Å². The third kappa shape index (κ3) is 3.51. The lowest BCUT2D eigenvalue weighted by atomic mass is 10.1. The Morgan fingerprint density at radius 2 is 2.14 bits per heavy atom. The molecule has 1 aromatic rings. The van der Waals surface area contributed by atoms with Gasteiger partial charge < -0.3 is 14.4 Å². The molecule has 1 aromatic carbocycles. The van der Waals surface area contributed by atoms with Crippen LogP contribution in [0.5, 0.6) is 11.5 Å². The highest BCUT2D eigenvalue weighted by molar-refractivity contribution is 7.99. The number of hydrogen-bond acceptors (Lipinski definition) is 4. The van der Waals surface area contributed by atoms with Gasteiger partial charge in [-0.2, -0.15) is 11.8 Å². The highest BCUT2D eigenvalue weighted by atomic mass is 32.2. The summed E-state index contributed by atoms with van der Waals surface area (Å²) >= 11 is 1.93.